The Morgan fingerprint density at radius 1 is 1.38 bits per heavy atom. The van der Waals surface area contributed by atoms with Gasteiger partial charge in [0.15, 0.2) is 0 Å². The Morgan fingerprint density at radius 3 is 2.81 bits per heavy atom. The van der Waals surface area contributed by atoms with Crippen molar-refractivity contribution in [2.45, 2.75) is 20.0 Å². The van der Waals surface area contributed by atoms with Gasteiger partial charge in [0.1, 0.15) is 0 Å². The summed E-state index contributed by atoms with van der Waals surface area (Å²) in [4.78, 5) is 4.17. The van der Waals surface area contributed by atoms with Gasteiger partial charge in [0.25, 0.3) is 0 Å². The van der Waals surface area contributed by atoms with E-state index in [0.717, 1.165) is 13.1 Å². The standard InChI is InChI=1S/C11H17N5/c1-9-10(4-14-15(9)3)7-16-8-13-6-11(16)5-12-2/h4,6,8,12H,5,7H2,1-3H3. The molecular weight excluding hydrogens is 202 g/mol. The number of nitrogens with zero attached hydrogens (tertiary/aromatic N) is 4. The van der Waals surface area contributed by atoms with E-state index in [2.05, 4.69) is 26.9 Å². The van der Waals surface area contributed by atoms with Crippen LogP contribution in [0, 0.1) is 6.92 Å². The number of aromatic nitrogens is 4. The lowest BCUT2D eigenvalue weighted by molar-refractivity contribution is 0.686. The van der Waals surface area contributed by atoms with Crippen LogP contribution in [-0.4, -0.2) is 26.4 Å². The van der Waals surface area contributed by atoms with Crippen molar-refractivity contribution in [1.82, 2.24) is 24.6 Å². The number of hydrogen-bond acceptors (Lipinski definition) is 3. The lowest BCUT2D eigenvalue weighted by atomic mass is 10.2. The average molecular weight is 219 g/mol. The molecule has 0 radical (unpaired) electrons. The molecule has 0 saturated heterocycles. The van der Waals surface area contributed by atoms with Gasteiger partial charge in [0.05, 0.1) is 24.8 Å². The molecule has 0 aliphatic rings. The molecule has 5 heteroatoms. The van der Waals surface area contributed by atoms with Gasteiger partial charge in [0, 0.05) is 31.0 Å². The van der Waals surface area contributed by atoms with Crippen molar-refractivity contribution < 1.29 is 0 Å². The van der Waals surface area contributed by atoms with Crippen molar-refractivity contribution in [1.29, 1.82) is 0 Å². The first-order valence-corrected chi connectivity index (χ1v) is 5.33. The molecule has 2 aromatic heterocycles. The number of rotatable bonds is 4. The molecule has 0 spiro atoms. The fraction of sp³-hybridized carbons (Fsp3) is 0.455. The molecule has 86 valence electrons. The summed E-state index contributed by atoms with van der Waals surface area (Å²) >= 11 is 0. The third-order valence-corrected chi connectivity index (χ3v) is 2.83. The van der Waals surface area contributed by atoms with E-state index in [4.69, 9.17) is 0 Å². The van der Waals surface area contributed by atoms with E-state index >= 15 is 0 Å². The molecule has 0 unspecified atom stereocenters. The maximum Gasteiger partial charge on any atom is 0.0951 e. The Hall–Kier alpha value is -1.62. The Labute approximate surface area is 95.1 Å². The van der Waals surface area contributed by atoms with Gasteiger partial charge in [-0.15, -0.1) is 0 Å². The van der Waals surface area contributed by atoms with Gasteiger partial charge in [-0.25, -0.2) is 4.98 Å². The van der Waals surface area contributed by atoms with Gasteiger partial charge in [-0.05, 0) is 14.0 Å². The molecule has 2 rings (SSSR count). The average Bonchev–Trinajstić information content (AvgIpc) is 2.82. The number of hydrogen-bond donors (Lipinski definition) is 1. The molecule has 16 heavy (non-hydrogen) atoms. The second-order valence-electron chi connectivity index (χ2n) is 3.92. The summed E-state index contributed by atoms with van der Waals surface area (Å²) in [5.41, 5.74) is 3.62. The van der Waals surface area contributed by atoms with Crippen LogP contribution in [0.15, 0.2) is 18.7 Å². The minimum Gasteiger partial charge on any atom is -0.329 e. The first-order valence-electron chi connectivity index (χ1n) is 5.33. The van der Waals surface area contributed by atoms with Gasteiger partial charge >= 0.3 is 0 Å². The summed E-state index contributed by atoms with van der Waals surface area (Å²) in [5, 5.41) is 7.37. The molecule has 0 bridgehead atoms. The molecule has 0 amide bonds. The van der Waals surface area contributed by atoms with Gasteiger partial charge in [-0.2, -0.15) is 5.10 Å². The van der Waals surface area contributed by atoms with E-state index in [1.54, 1.807) is 0 Å². The third-order valence-electron chi connectivity index (χ3n) is 2.83. The maximum absolute atomic E-state index is 4.24. The van der Waals surface area contributed by atoms with Crippen molar-refractivity contribution in [2.75, 3.05) is 7.05 Å². The Bertz CT molecular complexity index is 468. The minimum absolute atomic E-state index is 0.830. The van der Waals surface area contributed by atoms with Crippen molar-refractivity contribution in [2.24, 2.45) is 7.05 Å². The molecule has 2 heterocycles. The summed E-state index contributed by atoms with van der Waals surface area (Å²) in [6.07, 6.45) is 5.67. The van der Waals surface area contributed by atoms with Gasteiger partial charge in [-0.1, -0.05) is 0 Å². The van der Waals surface area contributed by atoms with Crippen LogP contribution in [-0.2, 0) is 20.1 Å². The number of imidazole rings is 1. The van der Waals surface area contributed by atoms with Crippen LogP contribution in [0.25, 0.3) is 0 Å². The number of aryl methyl sites for hydroxylation is 1. The molecule has 1 N–H and O–H groups in total. The van der Waals surface area contributed by atoms with E-state index in [1.165, 1.54) is 17.0 Å². The van der Waals surface area contributed by atoms with Gasteiger partial charge in [0.2, 0.25) is 0 Å². The zero-order chi connectivity index (χ0) is 11.5. The zero-order valence-electron chi connectivity index (χ0n) is 9.94. The van der Waals surface area contributed by atoms with Crippen LogP contribution in [0.5, 0.6) is 0 Å². The van der Waals surface area contributed by atoms with Crippen molar-refractivity contribution in [3.05, 3.63) is 35.7 Å². The lowest BCUT2D eigenvalue weighted by Crippen LogP contribution is -2.11. The van der Waals surface area contributed by atoms with Crippen LogP contribution in [0.2, 0.25) is 0 Å². The predicted molar refractivity (Wildman–Crippen MR) is 62.0 cm³/mol. The van der Waals surface area contributed by atoms with E-state index < -0.39 is 0 Å². The maximum atomic E-state index is 4.24. The summed E-state index contributed by atoms with van der Waals surface area (Å²) < 4.78 is 4.03. The Balaban J connectivity index is 2.20. The first-order chi connectivity index (χ1) is 7.72. The Morgan fingerprint density at radius 2 is 2.19 bits per heavy atom. The van der Waals surface area contributed by atoms with Crippen LogP contribution >= 0.6 is 0 Å². The summed E-state index contributed by atoms with van der Waals surface area (Å²) in [7, 11) is 3.90. The highest BCUT2D eigenvalue weighted by Crippen LogP contribution is 2.09. The zero-order valence-corrected chi connectivity index (χ0v) is 9.94. The van der Waals surface area contributed by atoms with Gasteiger partial charge in [-0.3, -0.25) is 4.68 Å². The Kier molecular flexibility index (Phi) is 3.05. The highest BCUT2D eigenvalue weighted by Gasteiger charge is 2.06. The SMILES string of the molecule is CNCc1cncn1Cc1cnn(C)c1C. The molecule has 0 fully saturated rings. The predicted octanol–water partition coefficient (Wildman–Crippen LogP) is 0.693. The monoisotopic (exact) mass is 219 g/mol. The quantitative estimate of drug-likeness (QED) is 0.823. The van der Waals surface area contributed by atoms with E-state index in [-0.39, 0.29) is 0 Å². The molecule has 5 nitrogen and oxygen atoms in total. The van der Waals surface area contributed by atoms with Gasteiger partial charge < -0.3 is 9.88 Å². The van der Waals surface area contributed by atoms with Crippen molar-refractivity contribution in [3.63, 3.8) is 0 Å². The summed E-state index contributed by atoms with van der Waals surface area (Å²) in [6.45, 7) is 3.74. The third kappa shape index (κ3) is 1.99. The second-order valence-corrected chi connectivity index (χ2v) is 3.92. The van der Waals surface area contributed by atoms with Crippen LogP contribution in [0.4, 0.5) is 0 Å². The topological polar surface area (TPSA) is 47.7 Å². The molecule has 0 aliphatic carbocycles. The first kappa shape index (κ1) is 10.9. The fourth-order valence-electron chi connectivity index (χ4n) is 1.70. The second kappa shape index (κ2) is 4.49. The summed E-state index contributed by atoms with van der Waals surface area (Å²) in [5.74, 6) is 0. The number of nitrogens with one attached hydrogen (secondary N) is 1. The molecule has 0 aromatic carbocycles. The lowest BCUT2D eigenvalue weighted by Gasteiger charge is -2.07. The highest BCUT2D eigenvalue weighted by molar-refractivity contribution is 5.17. The molecule has 0 saturated carbocycles. The van der Waals surface area contributed by atoms with E-state index in [9.17, 15) is 0 Å². The molecular formula is C11H17N5. The smallest absolute Gasteiger partial charge is 0.0951 e. The van der Waals surface area contributed by atoms with Crippen molar-refractivity contribution >= 4 is 0 Å². The fourth-order valence-corrected chi connectivity index (χ4v) is 1.70. The highest BCUT2D eigenvalue weighted by atomic mass is 15.3. The van der Waals surface area contributed by atoms with Crippen molar-refractivity contribution in [3.8, 4) is 0 Å². The molecule has 0 aliphatic heterocycles. The molecule has 0 atom stereocenters. The normalized spacial score (nSPS) is 10.9. The van der Waals surface area contributed by atoms with Crippen LogP contribution < -0.4 is 5.32 Å². The molecule has 2 aromatic rings. The minimum atomic E-state index is 0.830. The largest absolute Gasteiger partial charge is 0.329 e. The van der Waals surface area contributed by atoms with Crippen LogP contribution in [0.3, 0.4) is 0 Å². The van der Waals surface area contributed by atoms with E-state index in [1.807, 2.05) is 37.5 Å². The summed E-state index contributed by atoms with van der Waals surface area (Å²) in [6, 6.07) is 0. The van der Waals surface area contributed by atoms with Crippen LogP contribution in [0.1, 0.15) is 17.0 Å². The van der Waals surface area contributed by atoms with E-state index in [0.29, 0.717) is 0 Å².